The van der Waals surface area contributed by atoms with Gasteiger partial charge in [0.1, 0.15) is 6.33 Å². The first-order valence-corrected chi connectivity index (χ1v) is 5.86. The molecule has 0 saturated heterocycles. The van der Waals surface area contributed by atoms with Crippen LogP contribution in [0, 0.1) is 5.92 Å². The van der Waals surface area contributed by atoms with Gasteiger partial charge < -0.3 is 15.5 Å². The summed E-state index contributed by atoms with van der Waals surface area (Å²) in [5, 5.41) is 3.27. The topological polar surface area (TPSA) is 85.1 Å². The van der Waals surface area contributed by atoms with Gasteiger partial charge in [0, 0.05) is 6.54 Å². The molecule has 0 spiro atoms. The van der Waals surface area contributed by atoms with Gasteiger partial charge in [0.15, 0.2) is 11.6 Å². The van der Waals surface area contributed by atoms with Gasteiger partial charge in [-0.15, -0.1) is 0 Å². The number of rotatable bonds is 7. The monoisotopic (exact) mass is 239 g/mol. The third-order valence-corrected chi connectivity index (χ3v) is 2.86. The number of anilines is 2. The second kappa shape index (κ2) is 6.90. The molecule has 1 heterocycles. The van der Waals surface area contributed by atoms with Crippen LogP contribution < -0.4 is 21.3 Å². The van der Waals surface area contributed by atoms with Gasteiger partial charge in [-0.1, -0.05) is 26.7 Å². The van der Waals surface area contributed by atoms with E-state index in [1.54, 1.807) is 7.11 Å². The molecule has 0 unspecified atom stereocenters. The average Bonchev–Trinajstić information content (AvgIpc) is 2.39. The number of nitrogens with two attached hydrogens (primary N) is 1. The Bertz CT molecular complexity index is 341. The number of ether oxygens (including phenoxy) is 1. The molecule has 17 heavy (non-hydrogen) atoms. The Morgan fingerprint density at radius 3 is 2.47 bits per heavy atom. The zero-order valence-electron chi connectivity index (χ0n) is 10.7. The molecule has 0 bridgehead atoms. The lowest BCUT2D eigenvalue weighted by Crippen LogP contribution is -2.16. The smallest absolute Gasteiger partial charge is 0.205 e. The first kappa shape index (κ1) is 13.5. The molecule has 0 radical (unpaired) electrons. The summed E-state index contributed by atoms with van der Waals surface area (Å²) in [5.74, 6) is 7.68. The summed E-state index contributed by atoms with van der Waals surface area (Å²) in [6, 6.07) is 0. The Kier molecular flexibility index (Phi) is 5.48. The van der Waals surface area contributed by atoms with Crippen LogP contribution in [0.4, 0.5) is 11.6 Å². The standard InChI is InChI=1S/C11H21N5O/c1-4-8(5-2)6-13-10-9(17-3)11(16-12)15-7-14-10/h7-8H,4-6,12H2,1-3H3,(H2,13,14,15,16). The predicted octanol–water partition coefficient (Wildman–Crippen LogP) is 1.62. The summed E-state index contributed by atoms with van der Waals surface area (Å²) in [5.41, 5.74) is 2.49. The second-order valence-electron chi connectivity index (χ2n) is 3.81. The summed E-state index contributed by atoms with van der Waals surface area (Å²) in [6.45, 7) is 5.23. The molecular weight excluding hydrogens is 218 g/mol. The Balaban J connectivity index is 2.76. The molecule has 0 amide bonds. The van der Waals surface area contributed by atoms with Crippen LogP contribution in [0.3, 0.4) is 0 Å². The first-order chi connectivity index (χ1) is 8.26. The van der Waals surface area contributed by atoms with Crippen molar-refractivity contribution in [2.24, 2.45) is 11.8 Å². The number of hydrazine groups is 1. The fourth-order valence-electron chi connectivity index (χ4n) is 1.61. The number of aromatic nitrogens is 2. The van der Waals surface area contributed by atoms with Crippen LogP contribution >= 0.6 is 0 Å². The number of nitrogens with one attached hydrogen (secondary N) is 2. The summed E-state index contributed by atoms with van der Waals surface area (Å²) >= 11 is 0. The van der Waals surface area contributed by atoms with E-state index in [4.69, 9.17) is 10.6 Å². The van der Waals surface area contributed by atoms with Crippen LogP contribution in [-0.4, -0.2) is 23.6 Å². The van der Waals surface area contributed by atoms with Crippen molar-refractivity contribution in [3.8, 4) is 5.75 Å². The SMILES string of the molecule is CCC(CC)CNc1ncnc(NN)c1OC. The molecular formula is C11H21N5O. The van der Waals surface area contributed by atoms with Gasteiger partial charge in [0.25, 0.3) is 0 Å². The maximum absolute atomic E-state index is 5.36. The summed E-state index contributed by atoms with van der Waals surface area (Å²) < 4.78 is 5.24. The van der Waals surface area contributed by atoms with Crippen LogP contribution in [-0.2, 0) is 0 Å². The zero-order chi connectivity index (χ0) is 12.7. The number of nitrogen functional groups attached to an aromatic ring is 1. The quantitative estimate of drug-likeness (QED) is 0.495. The average molecular weight is 239 g/mol. The summed E-state index contributed by atoms with van der Waals surface area (Å²) in [7, 11) is 1.57. The maximum Gasteiger partial charge on any atom is 0.205 e. The minimum absolute atomic E-state index is 0.481. The minimum atomic E-state index is 0.481. The predicted molar refractivity (Wildman–Crippen MR) is 69.0 cm³/mol. The van der Waals surface area contributed by atoms with Crippen molar-refractivity contribution in [3.63, 3.8) is 0 Å². The van der Waals surface area contributed by atoms with Crippen molar-refractivity contribution in [3.05, 3.63) is 6.33 Å². The minimum Gasteiger partial charge on any atom is -0.490 e. The molecule has 6 heteroatoms. The van der Waals surface area contributed by atoms with E-state index < -0.39 is 0 Å². The van der Waals surface area contributed by atoms with E-state index in [1.165, 1.54) is 6.33 Å². The molecule has 0 aromatic carbocycles. The lowest BCUT2D eigenvalue weighted by atomic mass is 10.0. The Morgan fingerprint density at radius 2 is 1.94 bits per heavy atom. The largest absolute Gasteiger partial charge is 0.490 e. The van der Waals surface area contributed by atoms with Gasteiger partial charge in [0.2, 0.25) is 5.75 Å². The Labute approximate surface area is 102 Å². The van der Waals surface area contributed by atoms with Crippen molar-refractivity contribution < 1.29 is 4.74 Å². The molecule has 0 aliphatic carbocycles. The Morgan fingerprint density at radius 1 is 1.29 bits per heavy atom. The molecule has 0 aliphatic rings. The van der Waals surface area contributed by atoms with E-state index >= 15 is 0 Å². The van der Waals surface area contributed by atoms with Crippen LogP contribution in [0.5, 0.6) is 5.75 Å². The number of nitrogens with zero attached hydrogens (tertiary/aromatic N) is 2. The van der Waals surface area contributed by atoms with Crippen molar-refractivity contribution in [2.75, 3.05) is 24.4 Å². The molecule has 1 rings (SSSR count). The summed E-state index contributed by atoms with van der Waals surface area (Å²) in [6.07, 6.45) is 3.73. The lowest BCUT2D eigenvalue weighted by Gasteiger charge is -2.16. The van der Waals surface area contributed by atoms with Gasteiger partial charge in [-0.2, -0.15) is 0 Å². The number of hydrogen-bond donors (Lipinski definition) is 3. The maximum atomic E-state index is 5.36. The molecule has 0 saturated carbocycles. The molecule has 96 valence electrons. The van der Waals surface area contributed by atoms with Gasteiger partial charge >= 0.3 is 0 Å². The van der Waals surface area contributed by atoms with Crippen molar-refractivity contribution in [1.29, 1.82) is 0 Å². The zero-order valence-corrected chi connectivity index (χ0v) is 10.7. The highest BCUT2D eigenvalue weighted by Gasteiger charge is 2.12. The molecule has 6 nitrogen and oxygen atoms in total. The molecule has 4 N–H and O–H groups in total. The van der Waals surface area contributed by atoms with E-state index in [9.17, 15) is 0 Å². The van der Waals surface area contributed by atoms with E-state index in [1.807, 2.05) is 0 Å². The van der Waals surface area contributed by atoms with Gasteiger partial charge in [-0.3, -0.25) is 0 Å². The van der Waals surface area contributed by atoms with Gasteiger partial charge in [0.05, 0.1) is 7.11 Å². The van der Waals surface area contributed by atoms with Gasteiger partial charge in [-0.05, 0) is 5.92 Å². The van der Waals surface area contributed by atoms with E-state index in [2.05, 4.69) is 34.6 Å². The first-order valence-electron chi connectivity index (χ1n) is 5.86. The van der Waals surface area contributed by atoms with Crippen molar-refractivity contribution in [2.45, 2.75) is 26.7 Å². The van der Waals surface area contributed by atoms with Crippen LogP contribution in [0.1, 0.15) is 26.7 Å². The lowest BCUT2D eigenvalue weighted by molar-refractivity contribution is 0.413. The molecule has 0 atom stereocenters. The molecule has 1 aromatic heterocycles. The molecule has 1 aromatic rings. The highest BCUT2D eigenvalue weighted by Crippen LogP contribution is 2.28. The van der Waals surface area contributed by atoms with Crippen molar-refractivity contribution >= 4 is 11.6 Å². The van der Waals surface area contributed by atoms with Crippen LogP contribution in [0.2, 0.25) is 0 Å². The normalized spacial score (nSPS) is 10.4. The number of methoxy groups -OCH3 is 1. The fraction of sp³-hybridized carbons (Fsp3) is 0.636. The van der Waals surface area contributed by atoms with E-state index in [0.717, 1.165) is 19.4 Å². The van der Waals surface area contributed by atoms with E-state index in [-0.39, 0.29) is 0 Å². The molecule has 0 fully saturated rings. The Hall–Kier alpha value is -1.56. The van der Waals surface area contributed by atoms with Crippen molar-refractivity contribution in [1.82, 2.24) is 9.97 Å². The highest BCUT2D eigenvalue weighted by atomic mass is 16.5. The fourth-order valence-corrected chi connectivity index (χ4v) is 1.61. The third kappa shape index (κ3) is 3.45. The highest BCUT2D eigenvalue weighted by molar-refractivity contribution is 5.62. The molecule has 0 aliphatic heterocycles. The van der Waals surface area contributed by atoms with Crippen LogP contribution in [0.25, 0.3) is 0 Å². The van der Waals surface area contributed by atoms with Gasteiger partial charge in [-0.25, -0.2) is 15.8 Å². The third-order valence-electron chi connectivity index (χ3n) is 2.86. The second-order valence-corrected chi connectivity index (χ2v) is 3.81. The van der Waals surface area contributed by atoms with E-state index in [0.29, 0.717) is 23.3 Å². The summed E-state index contributed by atoms with van der Waals surface area (Å²) in [4.78, 5) is 8.14. The number of hydrogen-bond acceptors (Lipinski definition) is 6. The van der Waals surface area contributed by atoms with Crippen LogP contribution in [0.15, 0.2) is 6.33 Å².